The Balaban J connectivity index is 1.35. The number of benzene rings is 2. The number of urea groups is 1. The standard InChI is InChI=1S/C27H33N3O6S/c1-35-20-9-7-19(8-10-20)17-28-27(33)30-16-4-6-24(30)26(32)29-15-3-5-23(29)25(31)18-37(34)22-13-11-21(36-2)12-14-22/h7-14,23-24H,3-6,15-18H2,1-2H3,(H,28,33)/t23?,24-,37-/m0/s1. The van der Waals surface area contributed by atoms with Gasteiger partial charge in [0.25, 0.3) is 0 Å². The summed E-state index contributed by atoms with van der Waals surface area (Å²) >= 11 is 0. The molecule has 2 saturated heterocycles. The van der Waals surface area contributed by atoms with Gasteiger partial charge in [0.2, 0.25) is 5.91 Å². The second kappa shape index (κ2) is 12.2. The second-order valence-electron chi connectivity index (χ2n) is 9.18. The highest BCUT2D eigenvalue weighted by molar-refractivity contribution is 7.85. The molecular formula is C27H33N3O6S. The van der Waals surface area contributed by atoms with E-state index in [-0.39, 0.29) is 23.5 Å². The molecule has 4 rings (SSSR count). The monoisotopic (exact) mass is 527 g/mol. The van der Waals surface area contributed by atoms with Crippen molar-refractivity contribution < 1.29 is 28.1 Å². The van der Waals surface area contributed by atoms with E-state index in [2.05, 4.69) is 5.32 Å². The molecule has 2 aliphatic rings. The predicted octanol–water partition coefficient (Wildman–Crippen LogP) is 2.75. The quantitative estimate of drug-likeness (QED) is 0.538. The SMILES string of the molecule is COc1ccc(CNC(=O)N2CCC[C@H]2C(=O)N2CCCC2C(=O)C[S@](=O)c2ccc(OC)cc2)cc1. The van der Waals surface area contributed by atoms with Gasteiger partial charge in [0.05, 0.1) is 36.8 Å². The lowest BCUT2D eigenvalue weighted by atomic mass is 10.1. The summed E-state index contributed by atoms with van der Waals surface area (Å²) in [6.45, 7) is 1.28. The maximum atomic E-state index is 13.5. The summed E-state index contributed by atoms with van der Waals surface area (Å²) in [6, 6.07) is 12.7. The maximum absolute atomic E-state index is 13.5. The van der Waals surface area contributed by atoms with Gasteiger partial charge in [0.1, 0.15) is 17.5 Å². The number of nitrogens with zero attached hydrogens (tertiary/aromatic N) is 2. The Labute approximate surface area is 219 Å². The van der Waals surface area contributed by atoms with Crippen molar-refractivity contribution in [3.8, 4) is 11.5 Å². The molecule has 0 spiro atoms. The average molecular weight is 528 g/mol. The molecule has 3 atom stereocenters. The molecule has 9 nitrogen and oxygen atoms in total. The molecule has 0 radical (unpaired) electrons. The van der Waals surface area contributed by atoms with Crippen molar-refractivity contribution in [1.82, 2.24) is 15.1 Å². The molecule has 0 saturated carbocycles. The molecule has 0 aromatic heterocycles. The highest BCUT2D eigenvalue weighted by Gasteiger charge is 2.42. The molecule has 0 bridgehead atoms. The molecule has 37 heavy (non-hydrogen) atoms. The summed E-state index contributed by atoms with van der Waals surface area (Å²) in [5, 5.41) is 2.90. The molecule has 2 fully saturated rings. The van der Waals surface area contributed by atoms with Crippen molar-refractivity contribution in [3.63, 3.8) is 0 Å². The lowest BCUT2D eigenvalue weighted by Gasteiger charge is -2.31. The zero-order valence-electron chi connectivity index (χ0n) is 21.2. The zero-order valence-corrected chi connectivity index (χ0v) is 22.0. The summed E-state index contributed by atoms with van der Waals surface area (Å²) in [4.78, 5) is 43.2. The van der Waals surface area contributed by atoms with Crippen LogP contribution < -0.4 is 14.8 Å². The van der Waals surface area contributed by atoms with Gasteiger partial charge in [-0.1, -0.05) is 12.1 Å². The molecule has 3 amide bonds. The lowest BCUT2D eigenvalue weighted by Crippen LogP contribution is -2.53. The number of carbonyl (C=O) groups excluding carboxylic acids is 3. The van der Waals surface area contributed by atoms with Crippen LogP contribution in [0.2, 0.25) is 0 Å². The van der Waals surface area contributed by atoms with Gasteiger partial charge < -0.3 is 24.6 Å². The predicted molar refractivity (Wildman–Crippen MR) is 139 cm³/mol. The number of methoxy groups -OCH3 is 2. The molecular weight excluding hydrogens is 494 g/mol. The number of amides is 3. The van der Waals surface area contributed by atoms with E-state index >= 15 is 0 Å². The summed E-state index contributed by atoms with van der Waals surface area (Å²) in [6.07, 6.45) is 2.53. The van der Waals surface area contributed by atoms with Gasteiger partial charge >= 0.3 is 6.03 Å². The van der Waals surface area contributed by atoms with Crippen LogP contribution in [0.1, 0.15) is 31.2 Å². The van der Waals surface area contributed by atoms with Crippen LogP contribution in [-0.2, 0) is 26.9 Å². The fourth-order valence-electron chi connectivity index (χ4n) is 4.88. The summed E-state index contributed by atoms with van der Waals surface area (Å²) in [7, 11) is 1.64. The van der Waals surface area contributed by atoms with Crippen LogP contribution in [0.5, 0.6) is 11.5 Å². The Morgan fingerprint density at radius 2 is 1.43 bits per heavy atom. The first-order chi connectivity index (χ1) is 17.9. The molecule has 2 aromatic rings. The topological polar surface area (TPSA) is 105 Å². The van der Waals surface area contributed by atoms with E-state index in [9.17, 15) is 18.6 Å². The van der Waals surface area contributed by atoms with E-state index < -0.39 is 22.9 Å². The van der Waals surface area contributed by atoms with Crippen LogP contribution in [0.3, 0.4) is 0 Å². The Morgan fingerprint density at radius 1 is 0.865 bits per heavy atom. The third-order valence-corrected chi connectivity index (χ3v) is 8.25. The van der Waals surface area contributed by atoms with E-state index in [1.54, 1.807) is 48.3 Å². The number of ketones is 1. The highest BCUT2D eigenvalue weighted by atomic mass is 32.2. The van der Waals surface area contributed by atoms with Crippen LogP contribution >= 0.6 is 0 Å². The number of Topliss-reactive ketones (excluding diaryl/α,β-unsaturated/α-hetero) is 1. The summed E-state index contributed by atoms with van der Waals surface area (Å²) in [5.41, 5.74) is 0.922. The first kappa shape index (κ1) is 26.7. The molecule has 198 valence electrons. The minimum atomic E-state index is -1.51. The van der Waals surface area contributed by atoms with E-state index in [4.69, 9.17) is 9.47 Å². The van der Waals surface area contributed by atoms with Crippen molar-refractivity contribution in [1.29, 1.82) is 0 Å². The number of carbonyl (C=O) groups is 3. The third kappa shape index (κ3) is 6.30. The highest BCUT2D eigenvalue weighted by Crippen LogP contribution is 2.26. The Kier molecular flexibility index (Phi) is 8.81. The van der Waals surface area contributed by atoms with Gasteiger partial charge in [-0.3, -0.25) is 13.8 Å². The van der Waals surface area contributed by atoms with Crippen molar-refractivity contribution in [2.45, 2.75) is 49.2 Å². The number of hydrogen-bond donors (Lipinski definition) is 1. The van der Waals surface area contributed by atoms with Gasteiger partial charge in [-0.15, -0.1) is 0 Å². The normalized spacial score (nSPS) is 19.9. The molecule has 2 aliphatic heterocycles. The number of hydrogen-bond acceptors (Lipinski definition) is 6. The third-order valence-electron chi connectivity index (χ3n) is 6.90. The fourth-order valence-corrected chi connectivity index (χ4v) is 5.94. The smallest absolute Gasteiger partial charge is 0.318 e. The fraction of sp³-hybridized carbons (Fsp3) is 0.444. The number of rotatable bonds is 9. The van der Waals surface area contributed by atoms with Crippen molar-refractivity contribution in [3.05, 3.63) is 54.1 Å². The summed E-state index contributed by atoms with van der Waals surface area (Å²) < 4.78 is 23.1. The first-order valence-corrected chi connectivity index (χ1v) is 13.8. The number of nitrogens with one attached hydrogen (secondary N) is 1. The minimum Gasteiger partial charge on any atom is -0.497 e. The number of ether oxygens (including phenoxy) is 2. The number of likely N-dealkylation sites (tertiary alicyclic amines) is 2. The van der Waals surface area contributed by atoms with Crippen molar-refractivity contribution in [2.75, 3.05) is 33.1 Å². The van der Waals surface area contributed by atoms with Gasteiger partial charge in [0, 0.05) is 24.5 Å². The molecule has 1 N–H and O–H groups in total. The van der Waals surface area contributed by atoms with Gasteiger partial charge in [0.15, 0.2) is 5.78 Å². The average Bonchev–Trinajstić information content (AvgIpc) is 3.62. The molecule has 0 aliphatic carbocycles. The second-order valence-corrected chi connectivity index (χ2v) is 10.6. The van der Waals surface area contributed by atoms with Gasteiger partial charge in [-0.25, -0.2) is 4.79 Å². The molecule has 10 heteroatoms. The van der Waals surface area contributed by atoms with Crippen molar-refractivity contribution >= 4 is 28.5 Å². The Morgan fingerprint density at radius 3 is 2.05 bits per heavy atom. The van der Waals surface area contributed by atoms with Gasteiger partial charge in [-0.2, -0.15) is 0 Å². The van der Waals surface area contributed by atoms with Crippen LogP contribution in [0.4, 0.5) is 4.79 Å². The van der Waals surface area contributed by atoms with E-state index in [0.717, 1.165) is 17.7 Å². The summed E-state index contributed by atoms with van der Waals surface area (Å²) in [5.74, 6) is 0.811. The lowest BCUT2D eigenvalue weighted by molar-refractivity contribution is -0.139. The first-order valence-electron chi connectivity index (χ1n) is 12.4. The molecule has 2 aromatic carbocycles. The zero-order chi connectivity index (χ0) is 26.4. The molecule has 1 unspecified atom stereocenters. The van der Waals surface area contributed by atoms with Crippen LogP contribution in [0, 0.1) is 0 Å². The largest absolute Gasteiger partial charge is 0.497 e. The van der Waals surface area contributed by atoms with E-state index in [1.807, 2.05) is 24.3 Å². The van der Waals surface area contributed by atoms with E-state index in [1.165, 1.54) is 0 Å². The van der Waals surface area contributed by atoms with Crippen molar-refractivity contribution in [2.24, 2.45) is 0 Å². The van der Waals surface area contributed by atoms with Crippen LogP contribution in [0.25, 0.3) is 0 Å². The maximum Gasteiger partial charge on any atom is 0.318 e. The Hall–Kier alpha value is -3.40. The van der Waals surface area contributed by atoms with Crippen LogP contribution in [0.15, 0.2) is 53.4 Å². The van der Waals surface area contributed by atoms with Gasteiger partial charge in [-0.05, 0) is 67.6 Å². The molecule has 2 heterocycles. The van der Waals surface area contributed by atoms with E-state index in [0.29, 0.717) is 49.5 Å². The minimum absolute atomic E-state index is 0.155. The van der Waals surface area contributed by atoms with Crippen LogP contribution in [-0.4, -0.2) is 76.9 Å². The Bertz CT molecular complexity index is 1140.